The minimum Gasteiger partial charge on any atom is -0.309 e. The standard InChI is InChI=1S/C61H51N/c1-2-39-27-32-55-43(33-39)29-28-42-17-6-11-22-54(42)61(55)56-23-12-9-21-51(56)60-57(61)24-14-26-59(60)62(58-25-13-10-19-48(58)41-15-4-3-5-16-41)46-30-31-50-52-36-40-34-44(37-45(52)35-40)47-18-7-8-20-49(47)53(50)38-46/h3-27,30-33,38,40,44-45,52H,2,28-29,34-37H2,1H3. The van der Waals surface area contributed by atoms with E-state index in [0.29, 0.717) is 11.8 Å². The maximum atomic E-state index is 2.63. The van der Waals surface area contributed by atoms with Gasteiger partial charge in [-0.1, -0.05) is 165 Å². The number of anilines is 3. The molecule has 62 heavy (non-hydrogen) atoms. The van der Waals surface area contributed by atoms with Gasteiger partial charge in [0.2, 0.25) is 0 Å². The fourth-order valence-corrected chi connectivity index (χ4v) is 13.5. The van der Waals surface area contributed by atoms with Crippen LogP contribution in [0, 0.1) is 11.8 Å². The zero-order chi connectivity index (χ0) is 40.9. The van der Waals surface area contributed by atoms with Crippen molar-refractivity contribution in [3.8, 4) is 33.4 Å². The molecule has 1 heteroatoms. The first kappa shape index (κ1) is 36.2. The Morgan fingerprint density at radius 3 is 2.08 bits per heavy atom. The van der Waals surface area contributed by atoms with Gasteiger partial charge in [-0.05, 0) is 165 Å². The summed E-state index contributed by atoms with van der Waals surface area (Å²) in [7, 11) is 0. The monoisotopic (exact) mass is 797 g/mol. The molecule has 0 aromatic heterocycles. The average molecular weight is 798 g/mol. The first-order chi connectivity index (χ1) is 30.7. The molecule has 8 aromatic rings. The summed E-state index contributed by atoms with van der Waals surface area (Å²) < 4.78 is 0. The van der Waals surface area contributed by atoms with Crippen LogP contribution in [0.4, 0.5) is 17.1 Å². The van der Waals surface area contributed by atoms with Crippen molar-refractivity contribution in [1.29, 1.82) is 0 Å². The minimum atomic E-state index is -0.454. The van der Waals surface area contributed by atoms with Crippen molar-refractivity contribution < 1.29 is 0 Å². The van der Waals surface area contributed by atoms with Crippen molar-refractivity contribution in [3.05, 3.63) is 232 Å². The second kappa shape index (κ2) is 14.0. The van der Waals surface area contributed by atoms with Crippen molar-refractivity contribution in [2.75, 3.05) is 4.90 Å². The van der Waals surface area contributed by atoms with Crippen LogP contribution in [0.3, 0.4) is 0 Å². The summed E-state index contributed by atoms with van der Waals surface area (Å²) in [5.74, 6) is 2.89. The van der Waals surface area contributed by atoms with E-state index in [2.05, 4.69) is 194 Å². The third-order valence-corrected chi connectivity index (χ3v) is 16.0. The van der Waals surface area contributed by atoms with Gasteiger partial charge in [0.15, 0.2) is 0 Å². The van der Waals surface area contributed by atoms with E-state index in [9.17, 15) is 0 Å². The fourth-order valence-electron chi connectivity index (χ4n) is 13.5. The summed E-state index contributed by atoms with van der Waals surface area (Å²) >= 11 is 0. The Morgan fingerprint density at radius 1 is 0.484 bits per heavy atom. The molecular weight excluding hydrogens is 747 g/mol. The minimum absolute atomic E-state index is 0.454. The van der Waals surface area contributed by atoms with Gasteiger partial charge in [-0.2, -0.15) is 0 Å². The molecular formula is C61H51N. The molecule has 2 saturated carbocycles. The highest BCUT2D eigenvalue weighted by Gasteiger charge is 2.50. The molecule has 5 aliphatic rings. The Balaban J connectivity index is 1.12. The Hall–Kier alpha value is -6.44. The lowest BCUT2D eigenvalue weighted by Gasteiger charge is -2.36. The van der Waals surface area contributed by atoms with Gasteiger partial charge in [0, 0.05) is 16.8 Å². The predicted octanol–water partition coefficient (Wildman–Crippen LogP) is 15.5. The van der Waals surface area contributed by atoms with Crippen LogP contribution < -0.4 is 4.90 Å². The van der Waals surface area contributed by atoms with Crippen LogP contribution in [0.2, 0.25) is 0 Å². The van der Waals surface area contributed by atoms with Crippen molar-refractivity contribution in [3.63, 3.8) is 0 Å². The van der Waals surface area contributed by atoms with Crippen LogP contribution in [0.15, 0.2) is 182 Å². The number of rotatable bonds is 5. The molecule has 1 spiro atoms. The summed E-state index contributed by atoms with van der Waals surface area (Å²) in [6, 6.07) is 70.5. The number of benzene rings is 8. The lowest BCUT2D eigenvalue weighted by Crippen LogP contribution is -2.30. The van der Waals surface area contributed by atoms with Crippen LogP contribution in [0.1, 0.15) is 94.5 Å². The van der Waals surface area contributed by atoms with Crippen molar-refractivity contribution in [2.24, 2.45) is 11.8 Å². The van der Waals surface area contributed by atoms with Gasteiger partial charge in [0.25, 0.3) is 0 Å². The molecule has 13 rings (SSSR count). The number of nitrogens with zero attached hydrogens (tertiary/aromatic N) is 1. The summed E-state index contributed by atoms with van der Waals surface area (Å²) in [6.45, 7) is 2.29. The molecule has 0 N–H and O–H groups in total. The number of hydrogen-bond acceptors (Lipinski definition) is 1. The van der Waals surface area contributed by atoms with Gasteiger partial charge in [-0.15, -0.1) is 0 Å². The van der Waals surface area contributed by atoms with E-state index in [0.717, 1.165) is 31.1 Å². The normalized spacial score (nSPS) is 22.0. The third kappa shape index (κ3) is 5.21. The second-order valence-corrected chi connectivity index (χ2v) is 18.9. The molecule has 3 bridgehead atoms. The molecule has 0 radical (unpaired) electrons. The molecule has 300 valence electrons. The molecule has 0 aliphatic heterocycles. The highest BCUT2D eigenvalue weighted by atomic mass is 15.1. The highest BCUT2D eigenvalue weighted by molar-refractivity contribution is 6.00. The van der Waals surface area contributed by atoms with Crippen molar-refractivity contribution >= 4 is 17.1 Å². The molecule has 5 unspecified atom stereocenters. The van der Waals surface area contributed by atoms with E-state index in [-0.39, 0.29) is 0 Å². The smallest absolute Gasteiger partial charge is 0.0719 e. The topological polar surface area (TPSA) is 3.24 Å². The maximum absolute atomic E-state index is 2.63. The second-order valence-electron chi connectivity index (χ2n) is 18.9. The van der Waals surface area contributed by atoms with Crippen molar-refractivity contribution in [2.45, 2.75) is 69.1 Å². The van der Waals surface area contributed by atoms with Crippen LogP contribution in [-0.2, 0) is 24.7 Å². The van der Waals surface area contributed by atoms with Gasteiger partial charge in [0.05, 0.1) is 16.8 Å². The van der Waals surface area contributed by atoms with Gasteiger partial charge in [-0.3, -0.25) is 0 Å². The van der Waals surface area contributed by atoms with Gasteiger partial charge < -0.3 is 4.90 Å². The lowest BCUT2D eigenvalue weighted by molar-refractivity contribution is 0.311. The molecule has 5 aliphatic carbocycles. The Bertz CT molecular complexity index is 3060. The molecule has 0 saturated heterocycles. The predicted molar refractivity (Wildman–Crippen MR) is 257 cm³/mol. The number of fused-ring (bicyclic) bond motifs is 16. The van der Waals surface area contributed by atoms with Gasteiger partial charge in [0.1, 0.15) is 0 Å². The van der Waals surface area contributed by atoms with E-state index in [1.807, 2.05) is 0 Å². The van der Waals surface area contributed by atoms with E-state index >= 15 is 0 Å². The molecule has 1 nitrogen and oxygen atoms in total. The summed E-state index contributed by atoms with van der Waals surface area (Å²) in [4.78, 5) is 2.63. The van der Waals surface area contributed by atoms with E-state index < -0.39 is 5.41 Å². The first-order valence-corrected chi connectivity index (χ1v) is 23.3. The number of aryl methyl sites for hydroxylation is 3. The number of para-hydroxylation sites is 1. The largest absolute Gasteiger partial charge is 0.309 e. The van der Waals surface area contributed by atoms with E-state index in [1.54, 1.807) is 11.1 Å². The van der Waals surface area contributed by atoms with Gasteiger partial charge in [-0.25, -0.2) is 0 Å². The first-order valence-electron chi connectivity index (χ1n) is 23.3. The average Bonchev–Trinajstić information content (AvgIpc) is 3.76. The number of hydrogen-bond donors (Lipinski definition) is 0. The lowest BCUT2D eigenvalue weighted by atomic mass is 9.66. The maximum Gasteiger partial charge on any atom is 0.0719 e. The van der Waals surface area contributed by atoms with Crippen LogP contribution in [-0.4, -0.2) is 0 Å². The molecule has 0 amide bonds. The Morgan fingerprint density at radius 2 is 1.19 bits per heavy atom. The fraction of sp³-hybridized carbons (Fsp3) is 0.213. The highest BCUT2D eigenvalue weighted by Crippen LogP contribution is 2.63. The zero-order valence-electron chi connectivity index (χ0n) is 35.5. The molecule has 2 fully saturated rings. The molecule has 5 atom stereocenters. The van der Waals surface area contributed by atoms with E-state index in [1.165, 1.54) is 115 Å². The summed E-state index contributed by atoms with van der Waals surface area (Å²) in [5.41, 5.74) is 24.2. The Labute approximate surface area is 366 Å². The molecule has 0 heterocycles. The van der Waals surface area contributed by atoms with E-state index in [4.69, 9.17) is 0 Å². The van der Waals surface area contributed by atoms with Crippen LogP contribution >= 0.6 is 0 Å². The quantitative estimate of drug-likeness (QED) is 0.168. The van der Waals surface area contributed by atoms with Gasteiger partial charge >= 0.3 is 0 Å². The Kier molecular flexibility index (Phi) is 8.21. The molecule has 8 aromatic carbocycles. The summed E-state index contributed by atoms with van der Waals surface area (Å²) in [5, 5.41) is 0. The van der Waals surface area contributed by atoms with Crippen molar-refractivity contribution in [1.82, 2.24) is 0 Å². The summed E-state index contributed by atoms with van der Waals surface area (Å²) in [6.07, 6.45) is 8.50. The SMILES string of the molecule is CCc1ccc2c(c1)CCc1ccccc1C21c2ccccc2-c2c(N(c3ccc4c(c3)-c3ccccc3C3CC5CC(C3)C4C5)c3ccccc3-c3ccccc3)cccc21. The third-order valence-electron chi connectivity index (χ3n) is 16.0. The zero-order valence-corrected chi connectivity index (χ0v) is 35.5. The van der Waals surface area contributed by atoms with Crippen LogP contribution in [0.25, 0.3) is 33.4 Å². The van der Waals surface area contributed by atoms with Crippen LogP contribution in [0.5, 0.6) is 0 Å².